The molecule has 0 aliphatic heterocycles. The smallest absolute Gasteiger partial charge is 0.319 e. The van der Waals surface area contributed by atoms with Crippen LogP contribution in [0.4, 0.5) is 16.2 Å². The highest BCUT2D eigenvalue weighted by Crippen LogP contribution is 2.33. The summed E-state index contributed by atoms with van der Waals surface area (Å²) in [6, 6.07) is 15.1. The van der Waals surface area contributed by atoms with Crippen molar-refractivity contribution < 1.29 is 9.59 Å². The Hall–Kier alpha value is -2.82. The molecule has 5 nitrogen and oxygen atoms in total. The number of carbonyl (C=O) groups is 2. The molecule has 1 aliphatic rings. The maximum Gasteiger partial charge on any atom is 0.319 e. The minimum Gasteiger partial charge on any atom is -0.336 e. The van der Waals surface area contributed by atoms with E-state index in [0.29, 0.717) is 11.4 Å². The van der Waals surface area contributed by atoms with E-state index >= 15 is 0 Å². The molecular formula is C21H25N3O2. The number of fused-ring (bicyclic) bond motifs is 1. The number of carbonyl (C=O) groups excluding carboxylic acids is 2. The van der Waals surface area contributed by atoms with Crippen molar-refractivity contribution in [2.24, 2.45) is 0 Å². The van der Waals surface area contributed by atoms with Crippen LogP contribution in [0.15, 0.2) is 48.5 Å². The summed E-state index contributed by atoms with van der Waals surface area (Å²) in [6.07, 6.45) is 2.87. The van der Waals surface area contributed by atoms with E-state index in [-0.39, 0.29) is 23.9 Å². The second-order valence-electron chi connectivity index (χ2n) is 6.93. The summed E-state index contributed by atoms with van der Waals surface area (Å²) in [5.74, 6) is -0.187. The van der Waals surface area contributed by atoms with Crippen LogP contribution in [0.25, 0.3) is 0 Å². The van der Waals surface area contributed by atoms with Crippen LogP contribution in [0.2, 0.25) is 0 Å². The summed E-state index contributed by atoms with van der Waals surface area (Å²) in [7, 11) is 0. The predicted molar refractivity (Wildman–Crippen MR) is 104 cm³/mol. The van der Waals surface area contributed by atoms with E-state index < -0.39 is 0 Å². The summed E-state index contributed by atoms with van der Waals surface area (Å²) in [5, 5.41) is 8.59. The molecule has 0 saturated heterocycles. The molecule has 3 N–H and O–H groups in total. The average Bonchev–Trinajstić information content (AvgIpc) is 2.62. The third-order valence-electron chi connectivity index (χ3n) is 4.54. The lowest BCUT2D eigenvalue weighted by molar-refractivity contribution is -0.117. The number of anilines is 2. The monoisotopic (exact) mass is 351 g/mol. The summed E-state index contributed by atoms with van der Waals surface area (Å²) >= 11 is 0. The lowest BCUT2D eigenvalue weighted by Gasteiger charge is -2.25. The van der Waals surface area contributed by atoms with Gasteiger partial charge in [0.1, 0.15) is 0 Å². The summed E-state index contributed by atoms with van der Waals surface area (Å²) < 4.78 is 0. The van der Waals surface area contributed by atoms with Crippen LogP contribution in [-0.2, 0) is 11.2 Å². The summed E-state index contributed by atoms with van der Waals surface area (Å²) in [6.45, 7) is 3.79. The zero-order valence-electron chi connectivity index (χ0n) is 15.2. The van der Waals surface area contributed by atoms with Gasteiger partial charge in [0.25, 0.3) is 0 Å². The molecule has 3 rings (SSSR count). The van der Waals surface area contributed by atoms with Crippen molar-refractivity contribution in [2.45, 2.75) is 45.1 Å². The average molecular weight is 351 g/mol. The molecule has 0 spiro atoms. The van der Waals surface area contributed by atoms with Crippen LogP contribution >= 0.6 is 0 Å². The first-order chi connectivity index (χ1) is 12.5. The molecule has 5 heteroatoms. The van der Waals surface area contributed by atoms with Gasteiger partial charge in [0.05, 0.1) is 17.3 Å². The van der Waals surface area contributed by atoms with E-state index in [1.807, 2.05) is 44.2 Å². The van der Waals surface area contributed by atoms with Gasteiger partial charge in [-0.3, -0.25) is 4.79 Å². The molecule has 0 aromatic heterocycles. The molecule has 3 amide bonds. The fourth-order valence-corrected chi connectivity index (χ4v) is 3.37. The SMILES string of the molecule is CC(C)NC(=O)Nc1ccccc1NC(=O)C1CCCc2ccccc21. The molecule has 0 fully saturated rings. The molecule has 1 atom stereocenters. The molecule has 2 aromatic carbocycles. The van der Waals surface area contributed by atoms with E-state index in [0.717, 1.165) is 24.8 Å². The summed E-state index contributed by atoms with van der Waals surface area (Å²) in [5.41, 5.74) is 3.56. The summed E-state index contributed by atoms with van der Waals surface area (Å²) in [4.78, 5) is 24.9. The standard InChI is InChI=1S/C21H25N3O2/c1-14(2)22-21(26)24-19-13-6-5-12-18(19)23-20(25)17-11-7-9-15-8-3-4-10-16(15)17/h3-6,8,10,12-14,17H,7,9,11H2,1-2H3,(H,23,25)(H2,22,24,26). The van der Waals surface area contributed by atoms with Gasteiger partial charge in [-0.05, 0) is 56.4 Å². The Morgan fingerprint density at radius 2 is 1.62 bits per heavy atom. The molecule has 0 heterocycles. The first-order valence-electron chi connectivity index (χ1n) is 9.10. The van der Waals surface area contributed by atoms with Crippen LogP contribution < -0.4 is 16.0 Å². The lowest BCUT2D eigenvalue weighted by atomic mass is 9.82. The Bertz CT molecular complexity index is 801. The maximum absolute atomic E-state index is 12.9. The Balaban J connectivity index is 1.75. The van der Waals surface area contributed by atoms with Crippen molar-refractivity contribution in [1.29, 1.82) is 0 Å². The highest BCUT2D eigenvalue weighted by atomic mass is 16.2. The molecule has 26 heavy (non-hydrogen) atoms. The van der Waals surface area contributed by atoms with Gasteiger partial charge >= 0.3 is 6.03 Å². The number of para-hydroxylation sites is 2. The van der Waals surface area contributed by atoms with Gasteiger partial charge in [0, 0.05) is 6.04 Å². The zero-order valence-corrected chi connectivity index (χ0v) is 15.2. The number of aryl methyl sites for hydroxylation is 1. The number of nitrogens with one attached hydrogen (secondary N) is 3. The zero-order chi connectivity index (χ0) is 18.5. The van der Waals surface area contributed by atoms with Gasteiger partial charge in [0.15, 0.2) is 0 Å². The maximum atomic E-state index is 12.9. The van der Waals surface area contributed by atoms with Gasteiger partial charge in [-0.2, -0.15) is 0 Å². The fourth-order valence-electron chi connectivity index (χ4n) is 3.37. The number of urea groups is 1. The van der Waals surface area contributed by atoms with Crippen LogP contribution in [0.5, 0.6) is 0 Å². The van der Waals surface area contributed by atoms with Crippen molar-refractivity contribution in [3.63, 3.8) is 0 Å². The molecule has 1 aliphatic carbocycles. The number of hydrogen-bond acceptors (Lipinski definition) is 2. The fraction of sp³-hybridized carbons (Fsp3) is 0.333. The molecule has 136 valence electrons. The third kappa shape index (κ3) is 4.23. The Kier molecular flexibility index (Phi) is 5.56. The first kappa shape index (κ1) is 18.0. The first-order valence-corrected chi connectivity index (χ1v) is 9.10. The number of amides is 3. The van der Waals surface area contributed by atoms with Crippen LogP contribution in [0.1, 0.15) is 43.7 Å². The minimum absolute atomic E-state index is 0.0318. The minimum atomic E-state index is -0.287. The number of hydrogen-bond donors (Lipinski definition) is 3. The van der Waals surface area contributed by atoms with Gasteiger partial charge in [-0.25, -0.2) is 4.79 Å². The van der Waals surface area contributed by atoms with Crippen LogP contribution in [-0.4, -0.2) is 18.0 Å². The Labute approximate surface area is 154 Å². The largest absolute Gasteiger partial charge is 0.336 e. The van der Waals surface area contributed by atoms with Gasteiger partial charge < -0.3 is 16.0 Å². The lowest BCUT2D eigenvalue weighted by Crippen LogP contribution is -2.34. The molecule has 0 bridgehead atoms. The third-order valence-corrected chi connectivity index (χ3v) is 4.54. The highest BCUT2D eigenvalue weighted by Gasteiger charge is 2.26. The van der Waals surface area contributed by atoms with Crippen molar-refractivity contribution >= 4 is 23.3 Å². The number of benzene rings is 2. The van der Waals surface area contributed by atoms with E-state index in [4.69, 9.17) is 0 Å². The van der Waals surface area contributed by atoms with Crippen molar-refractivity contribution in [3.05, 3.63) is 59.7 Å². The van der Waals surface area contributed by atoms with Crippen molar-refractivity contribution in [3.8, 4) is 0 Å². The Morgan fingerprint density at radius 3 is 2.35 bits per heavy atom. The molecular weight excluding hydrogens is 326 g/mol. The van der Waals surface area contributed by atoms with E-state index in [9.17, 15) is 9.59 Å². The van der Waals surface area contributed by atoms with Crippen molar-refractivity contribution in [2.75, 3.05) is 10.6 Å². The van der Waals surface area contributed by atoms with Crippen LogP contribution in [0, 0.1) is 0 Å². The quantitative estimate of drug-likeness (QED) is 0.769. The normalized spacial score (nSPS) is 15.9. The highest BCUT2D eigenvalue weighted by molar-refractivity contribution is 6.01. The van der Waals surface area contributed by atoms with Crippen molar-refractivity contribution in [1.82, 2.24) is 5.32 Å². The molecule has 0 saturated carbocycles. The van der Waals surface area contributed by atoms with E-state index in [1.54, 1.807) is 12.1 Å². The van der Waals surface area contributed by atoms with Gasteiger partial charge in [-0.15, -0.1) is 0 Å². The van der Waals surface area contributed by atoms with E-state index in [1.165, 1.54) is 5.56 Å². The predicted octanol–water partition coefficient (Wildman–Crippen LogP) is 4.28. The molecule has 1 unspecified atom stereocenters. The number of rotatable bonds is 4. The second-order valence-corrected chi connectivity index (χ2v) is 6.93. The van der Waals surface area contributed by atoms with Crippen LogP contribution in [0.3, 0.4) is 0 Å². The Morgan fingerprint density at radius 1 is 0.962 bits per heavy atom. The molecule has 0 radical (unpaired) electrons. The van der Waals surface area contributed by atoms with Gasteiger partial charge in [-0.1, -0.05) is 36.4 Å². The topological polar surface area (TPSA) is 70.2 Å². The van der Waals surface area contributed by atoms with Gasteiger partial charge in [0.2, 0.25) is 5.91 Å². The molecule has 2 aromatic rings. The second kappa shape index (κ2) is 8.04. The van der Waals surface area contributed by atoms with E-state index in [2.05, 4.69) is 22.0 Å².